The summed E-state index contributed by atoms with van der Waals surface area (Å²) in [7, 11) is 0. The van der Waals surface area contributed by atoms with Gasteiger partial charge in [0.25, 0.3) is 0 Å². The number of nitrogens with zero attached hydrogens (tertiary/aromatic N) is 1. The van der Waals surface area contributed by atoms with Gasteiger partial charge in [-0.1, -0.05) is 20.8 Å². The molecule has 16 heavy (non-hydrogen) atoms. The Balaban J connectivity index is 2.51. The molecule has 94 valence electrons. The molecule has 1 rings (SSSR count). The van der Waals surface area contributed by atoms with E-state index in [9.17, 15) is 4.79 Å². The molecule has 1 heterocycles. The summed E-state index contributed by atoms with van der Waals surface area (Å²) < 4.78 is 0. The minimum atomic E-state index is -0.750. The van der Waals surface area contributed by atoms with Gasteiger partial charge in [0.05, 0.1) is 0 Å². The SMILES string of the molecule is CC1CC(C)N(CC(NC(C)C)C(=O)O)C1. The van der Waals surface area contributed by atoms with Crippen molar-refractivity contribution in [2.75, 3.05) is 13.1 Å². The van der Waals surface area contributed by atoms with Crippen molar-refractivity contribution < 1.29 is 9.90 Å². The van der Waals surface area contributed by atoms with Crippen LogP contribution < -0.4 is 5.32 Å². The smallest absolute Gasteiger partial charge is 0.322 e. The maximum absolute atomic E-state index is 11.1. The van der Waals surface area contributed by atoms with Crippen molar-refractivity contribution in [2.24, 2.45) is 5.92 Å². The normalized spacial score (nSPS) is 28.6. The third-order valence-electron chi connectivity index (χ3n) is 3.16. The van der Waals surface area contributed by atoms with Gasteiger partial charge in [0.15, 0.2) is 0 Å². The molecule has 0 radical (unpaired) electrons. The van der Waals surface area contributed by atoms with Crippen LogP contribution in [0, 0.1) is 5.92 Å². The van der Waals surface area contributed by atoms with E-state index in [2.05, 4.69) is 24.1 Å². The van der Waals surface area contributed by atoms with Gasteiger partial charge in [0.2, 0.25) is 0 Å². The summed E-state index contributed by atoms with van der Waals surface area (Å²) in [5.74, 6) is -0.0658. The van der Waals surface area contributed by atoms with Crippen molar-refractivity contribution in [3.63, 3.8) is 0 Å². The van der Waals surface area contributed by atoms with Gasteiger partial charge in [-0.3, -0.25) is 9.69 Å². The lowest BCUT2D eigenvalue weighted by Gasteiger charge is -2.26. The number of hydrogen-bond donors (Lipinski definition) is 2. The first-order valence-electron chi connectivity index (χ1n) is 6.13. The lowest BCUT2D eigenvalue weighted by Crippen LogP contribution is -2.49. The molecule has 0 bridgehead atoms. The standard InChI is InChI=1S/C12H24N2O2/c1-8(2)13-11(12(15)16)7-14-6-9(3)5-10(14)4/h8-11,13H,5-7H2,1-4H3,(H,15,16). The van der Waals surface area contributed by atoms with E-state index in [-0.39, 0.29) is 6.04 Å². The molecule has 1 aliphatic heterocycles. The van der Waals surface area contributed by atoms with E-state index in [1.54, 1.807) is 0 Å². The molecule has 1 saturated heterocycles. The maximum Gasteiger partial charge on any atom is 0.322 e. The second kappa shape index (κ2) is 5.64. The number of nitrogens with one attached hydrogen (secondary N) is 1. The molecule has 0 aromatic rings. The van der Waals surface area contributed by atoms with Crippen LogP contribution >= 0.6 is 0 Å². The van der Waals surface area contributed by atoms with Crippen molar-refractivity contribution in [3.05, 3.63) is 0 Å². The topological polar surface area (TPSA) is 52.6 Å². The average molecular weight is 228 g/mol. The number of carbonyl (C=O) groups is 1. The number of aliphatic carboxylic acids is 1. The van der Waals surface area contributed by atoms with E-state index in [0.29, 0.717) is 18.5 Å². The van der Waals surface area contributed by atoms with Gasteiger partial charge in [-0.15, -0.1) is 0 Å². The second-order valence-corrected chi connectivity index (χ2v) is 5.36. The van der Waals surface area contributed by atoms with E-state index in [1.807, 2.05) is 13.8 Å². The second-order valence-electron chi connectivity index (χ2n) is 5.36. The fourth-order valence-corrected chi connectivity index (χ4v) is 2.48. The van der Waals surface area contributed by atoms with Crippen molar-refractivity contribution in [1.82, 2.24) is 10.2 Å². The van der Waals surface area contributed by atoms with Crippen LogP contribution in [0.15, 0.2) is 0 Å². The van der Waals surface area contributed by atoms with E-state index in [1.165, 1.54) is 6.42 Å². The highest BCUT2D eigenvalue weighted by Crippen LogP contribution is 2.22. The monoisotopic (exact) mass is 228 g/mol. The third kappa shape index (κ3) is 3.76. The minimum Gasteiger partial charge on any atom is -0.480 e. The van der Waals surface area contributed by atoms with Crippen LogP contribution in [0.5, 0.6) is 0 Å². The molecule has 1 aliphatic rings. The van der Waals surface area contributed by atoms with Gasteiger partial charge >= 0.3 is 5.97 Å². The van der Waals surface area contributed by atoms with Gasteiger partial charge < -0.3 is 10.4 Å². The minimum absolute atomic E-state index is 0.205. The summed E-state index contributed by atoms with van der Waals surface area (Å²) >= 11 is 0. The maximum atomic E-state index is 11.1. The lowest BCUT2D eigenvalue weighted by molar-refractivity contribution is -0.140. The highest BCUT2D eigenvalue weighted by atomic mass is 16.4. The number of carboxylic acids is 1. The number of likely N-dealkylation sites (tertiary alicyclic amines) is 1. The Hall–Kier alpha value is -0.610. The van der Waals surface area contributed by atoms with Gasteiger partial charge in [-0.25, -0.2) is 0 Å². The summed E-state index contributed by atoms with van der Waals surface area (Å²) in [5.41, 5.74) is 0. The Bertz CT molecular complexity index is 243. The first-order chi connectivity index (χ1) is 7.40. The van der Waals surface area contributed by atoms with E-state index < -0.39 is 12.0 Å². The molecule has 0 aromatic carbocycles. The Kier molecular flexibility index (Phi) is 4.74. The van der Waals surface area contributed by atoms with E-state index >= 15 is 0 Å². The summed E-state index contributed by atoms with van der Waals surface area (Å²) in [6.07, 6.45) is 1.17. The van der Waals surface area contributed by atoms with Crippen LogP contribution in [0.4, 0.5) is 0 Å². The Morgan fingerprint density at radius 1 is 1.50 bits per heavy atom. The summed E-state index contributed by atoms with van der Waals surface area (Å²) in [5, 5.41) is 12.2. The first-order valence-corrected chi connectivity index (χ1v) is 6.13. The molecule has 4 heteroatoms. The molecule has 0 aliphatic carbocycles. The number of rotatable bonds is 5. The van der Waals surface area contributed by atoms with Crippen molar-refractivity contribution in [1.29, 1.82) is 0 Å². The van der Waals surface area contributed by atoms with Gasteiger partial charge in [-0.2, -0.15) is 0 Å². The molecular weight excluding hydrogens is 204 g/mol. The molecule has 4 nitrogen and oxygen atoms in total. The van der Waals surface area contributed by atoms with Crippen molar-refractivity contribution in [3.8, 4) is 0 Å². The average Bonchev–Trinajstić information content (AvgIpc) is 2.43. The Morgan fingerprint density at radius 3 is 2.50 bits per heavy atom. The van der Waals surface area contributed by atoms with Crippen LogP contribution in [0.1, 0.15) is 34.1 Å². The van der Waals surface area contributed by atoms with Gasteiger partial charge in [0.1, 0.15) is 6.04 Å². The number of carboxylic acid groups (broad SMARTS) is 1. The molecule has 1 fully saturated rings. The molecule has 0 aromatic heterocycles. The van der Waals surface area contributed by atoms with Crippen LogP contribution in [-0.2, 0) is 4.79 Å². The van der Waals surface area contributed by atoms with Crippen LogP contribution in [0.2, 0.25) is 0 Å². The van der Waals surface area contributed by atoms with Crippen LogP contribution in [-0.4, -0.2) is 47.2 Å². The largest absolute Gasteiger partial charge is 0.480 e. The summed E-state index contributed by atoms with van der Waals surface area (Å²) in [6.45, 7) is 9.99. The van der Waals surface area contributed by atoms with Crippen LogP contribution in [0.3, 0.4) is 0 Å². The first kappa shape index (κ1) is 13.5. The molecule has 3 unspecified atom stereocenters. The highest BCUT2D eigenvalue weighted by molar-refractivity contribution is 5.73. The lowest BCUT2D eigenvalue weighted by atomic mass is 10.1. The summed E-state index contributed by atoms with van der Waals surface area (Å²) in [4.78, 5) is 13.4. The predicted octanol–water partition coefficient (Wildman–Crippen LogP) is 1.17. The molecule has 0 saturated carbocycles. The van der Waals surface area contributed by atoms with Gasteiger partial charge in [-0.05, 0) is 19.3 Å². The zero-order valence-electron chi connectivity index (χ0n) is 10.7. The van der Waals surface area contributed by atoms with Crippen molar-refractivity contribution >= 4 is 5.97 Å². The zero-order chi connectivity index (χ0) is 12.3. The molecule has 0 spiro atoms. The molecule has 2 N–H and O–H groups in total. The quantitative estimate of drug-likeness (QED) is 0.741. The fraction of sp³-hybridized carbons (Fsp3) is 0.917. The zero-order valence-corrected chi connectivity index (χ0v) is 10.7. The van der Waals surface area contributed by atoms with Crippen LogP contribution in [0.25, 0.3) is 0 Å². The molecule has 0 amide bonds. The molecular formula is C12H24N2O2. The van der Waals surface area contributed by atoms with E-state index in [0.717, 1.165) is 6.54 Å². The third-order valence-corrected chi connectivity index (χ3v) is 3.16. The highest BCUT2D eigenvalue weighted by Gasteiger charge is 2.30. The Morgan fingerprint density at radius 2 is 2.12 bits per heavy atom. The predicted molar refractivity (Wildman–Crippen MR) is 64.5 cm³/mol. The summed E-state index contributed by atoms with van der Waals surface area (Å²) in [6, 6.07) is 0.259. The van der Waals surface area contributed by atoms with E-state index in [4.69, 9.17) is 5.11 Å². The number of hydrogen-bond acceptors (Lipinski definition) is 3. The van der Waals surface area contributed by atoms with Crippen molar-refractivity contribution in [2.45, 2.75) is 52.2 Å². The Labute approximate surface area is 98.0 Å². The molecule has 3 atom stereocenters. The van der Waals surface area contributed by atoms with Gasteiger partial charge in [0, 0.05) is 25.2 Å². The fourth-order valence-electron chi connectivity index (χ4n) is 2.48.